The molecule has 0 spiro atoms. The Bertz CT molecular complexity index is 394. The van der Waals surface area contributed by atoms with Gasteiger partial charge in [0.2, 0.25) is 0 Å². The van der Waals surface area contributed by atoms with Gasteiger partial charge in [0.1, 0.15) is 18.2 Å². The molecule has 0 radical (unpaired) electrons. The first-order valence-corrected chi connectivity index (χ1v) is 6.80. The Balaban J connectivity index is 1.96. The molecule has 6 nitrogen and oxygen atoms in total. The number of nitrogens with one attached hydrogen (secondary N) is 2. The number of aromatic nitrogens is 2. The number of ether oxygens (including phenoxy) is 2. The molecule has 2 N–H and O–H groups in total. The lowest BCUT2D eigenvalue weighted by molar-refractivity contribution is 0.120. The molecule has 0 saturated carbocycles. The summed E-state index contributed by atoms with van der Waals surface area (Å²) in [7, 11) is 1.84. The van der Waals surface area contributed by atoms with Gasteiger partial charge in [-0.05, 0) is 19.8 Å². The molecular formula is C13H22N4O2. The van der Waals surface area contributed by atoms with Gasteiger partial charge in [0.25, 0.3) is 0 Å². The number of hydrogen-bond donors (Lipinski definition) is 2. The Hall–Kier alpha value is -1.40. The largest absolute Gasteiger partial charge is 0.376 e. The summed E-state index contributed by atoms with van der Waals surface area (Å²) in [6.07, 6.45) is 2.55. The van der Waals surface area contributed by atoms with Crippen molar-refractivity contribution in [1.82, 2.24) is 9.97 Å². The van der Waals surface area contributed by atoms with Crippen molar-refractivity contribution in [2.45, 2.75) is 32.5 Å². The van der Waals surface area contributed by atoms with E-state index in [1.807, 2.05) is 20.0 Å². The van der Waals surface area contributed by atoms with E-state index >= 15 is 0 Å². The monoisotopic (exact) mass is 266 g/mol. The van der Waals surface area contributed by atoms with Crippen LogP contribution >= 0.6 is 0 Å². The fourth-order valence-electron chi connectivity index (χ4n) is 2.00. The predicted octanol–water partition coefficient (Wildman–Crippen LogP) is 1.65. The zero-order chi connectivity index (χ0) is 13.5. The third-order valence-corrected chi connectivity index (χ3v) is 3.00. The van der Waals surface area contributed by atoms with Crippen molar-refractivity contribution in [2.75, 3.05) is 37.4 Å². The summed E-state index contributed by atoms with van der Waals surface area (Å²) in [5, 5.41) is 6.34. The van der Waals surface area contributed by atoms with Crippen LogP contribution in [0.4, 0.5) is 11.6 Å². The molecule has 0 bridgehead atoms. The maximum atomic E-state index is 5.58. The number of rotatable bonds is 7. The van der Waals surface area contributed by atoms with Crippen LogP contribution in [0.3, 0.4) is 0 Å². The van der Waals surface area contributed by atoms with Crippen LogP contribution in [0.5, 0.6) is 0 Å². The van der Waals surface area contributed by atoms with Gasteiger partial charge in [-0.2, -0.15) is 0 Å². The molecule has 1 saturated heterocycles. The van der Waals surface area contributed by atoms with Gasteiger partial charge < -0.3 is 20.1 Å². The Morgan fingerprint density at radius 2 is 2.26 bits per heavy atom. The molecule has 1 aliphatic heterocycles. The number of anilines is 2. The van der Waals surface area contributed by atoms with Gasteiger partial charge >= 0.3 is 0 Å². The predicted molar refractivity (Wildman–Crippen MR) is 74.4 cm³/mol. The van der Waals surface area contributed by atoms with Crippen molar-refractivity contribution in [3.8, 4) is 0 Å². The molecule has 19 heavy (non-hydrogen) atoms. The summed E-state index contributed by atoms with van der Waals surface area (Å²) in [5.41, 5.74) is 0. The molecule has 1 aliphatic rings. The minimum atomic E-state index is 0.295. The highest BCUT2D eigenvalue weighted by molar-refractivity contribution is 5.47. The summed E-state index contributed by atoms with van der Waals surface area (Å²) < 4.78 is 10.9. The number of hydrogen-bond acceptors (Lipinski definition) is 6. The van der Waals surface area contributed by atoms with Crippen LogP contribution in [-0.2, 0) is 16.1 Å². The van der Waals surface area contributed by atoms with E-state index < -0.39 is 0 Å². The van der Waals surface area contributed by atoms with Crippen LogP contribution < -0.4 is 10.6 Å². The highest BCUT2D eigenvalue weighted by atomic mass is 16.5. The average molecular weight is 266 g/mol. The first-order valence-electron chi connectivity index (χ1n) is 6.80. The highest BCUT2D eigenvalue weighted by Gasteiger charge is 2.15. The van der Waals surface area contributed by atoms with E-state index in [-0.39, 0.29) is 0 Å². The van der Waals surface area contributed by atoms with Gasteiger partial charge in [-0.3, -0.25) is 0 Å². The molecular weight excluding hydrogens is 244 g/mol. The SMILES string of the molecule is CCOCc1nc(NC)cc(NCC2CCCO2)n1. The smallest absolute Gasteiger partial charge is 0.158 e. The molecule has 0 aliphatic carbocycles. The summed E-state index contributed by atoms with van der Waals surface area (Å²) in [4.78, 5) is 8.79. The molecule has 1 aromatic heterocycles. The molecule has 0 aromatic carbocycles. The molecule has 2 heterocycles. The summed E-state index contributed by atoms with van der Waals surface area (Å²) in [6.45, 7) is 4.70. The molecule has 1 atom stereocenters. The Kier molecular flexibility index (Phi) is 5.35. The van der Waals surface area contributed by atoms with E-state index in [0.29, 0.717) is 25.1 Å². The topological polar surface area (TPSA) is 68.3 Å². The van der Waals surface area contributed by atoms with Gasteiger partial charge in [-0.15, -0.1) is 0 Å². The Labute approximate surface area is 113 Å². The third-order valence-electron chi connectivity index (χ3n) is 3.00. The standard InChI is InChI=1S/C13H22N4O2/c1-3-18-9-13-16-11(14-2)7-12(17-13)15-8-10-5-4-6-19-10/h7,10H,3-6,8-9H2,1-2H3,(H2,14,15,16,17). The second-order valence-electron chi connectivity index (χ2n) is 4.46. The van der Waals surface area contributed by atoms with E-state index in [1.165, 1.54) is 0 Å². The minimum Gasteiger partial charge on any atom is -0.376 e. The molecule has 1 fully saturated rings. The van der Waals surface area contributed by atoms with E-state index in [4.69, 9.17) is 9.47 Å². The quantitative estimate of drug-likeness (QED) is 0.782. The molecule has 6 heteroatoms. The van der Waals surface area contributed by atoms with Crippen LogP contribution in [-0.4, -0.2) is 42.9 Å². The highest BCUT2D eigenvalue weighted by Crippen LogP contribution is 2.15. The fraction of sp³-hybridized carbons (Fsp3) is 0.692. The maximum Gasteiger partial charge on any atom is 0.158 e. The molecule has 106 valence electrons. The van der Waals surface area contributed by atoms with Gasteiger partial charge in [0.15, 0.2) is 5.82 Å². The zero-order valence-corrected chi connectivity index (χ0v) is 11.6. The first kappa shape index (κ1) is 14.0. The maximum absolute atomic E-state index is 5.58. The second-order valence-corrected chi connectivity index (χ2v) is 4.46. The van der Waals surface area contributed by atoms with Crippen LogP contribution in [0.2, 0.25) is 0 Å². The second kappa shape index (κ2) is 7.25. The zero-order valence-electron chi connectivity index (χ0n) is 11.6. The van der Waals surface area contributed by atoms with Gasteiger partial charge in [0, 0.05) is 32.9 Å². The van der Waals surface area contributed by atoms with E-state index in [0.717, 1.165) is 37.6 Å². The van der Waals surface area contributed by atoms with Crippen LogP contribution in [0.15, 0.2) is 6.07 Å². The van der Waals surface area contributed by atoms with Crippen LogP contribution in [0.1, 0.15) is 25.6 Å². The summed E-state index contributed by atoms with van der Waals surface area (Å²) in [6, 6.07) is 1.89. The van der Waals surface area contributed by atoms with Crippen molar-refractivity contribution < 1.29 is 9.47 Å². The van der Waals surface area contributed by atoms with Crippen molar-refractivity contribution in [3.05, 3.63) is 11.9 Å². The molecule has 0 amide bonds. The van der Waals surface area contributed by atoms with Crippen molar-refractivity contribution in [2.24, 2.45) is 0 Å². The normalized spacial score (nSPS) is 18.5. The van der Waals surface area contributed by atoms with Crippen molar-refractivity contribution in [1.29, 1.82) is 0 Å². The average Bonchev–Trinajstić information content (AvgIpc) is 2.96. The van der Waals surface area contributed by atoms with E-state index in [9.17, 15) is 0 Å². The number of nitrogens with zero attached hydrogens (tertiary/aromatic N) is 2. The molecule has 2 rings (SSSR count). The lowest BCUT2D eigenvalue weighted by Gasteiger charge is -2.13. The summed E-state index contributed by atoms with van der Waals surface area (Å²) >= 11 is 0. The molecule has 1 unspecified atom stereocenters. The van der Waals surface area contributed by atoms with Gasteiger partial charge in [-0.1, -0.05) is 0 Å². The lowest BCUT2D eigenvalue weighted by atomic mass is 10.2. The van der Waals surface area contributed by atoms with Crippen LogP contribution in [0, 0.1) is 0 Å². The lowest BCUT2D eigenvalue weighted by Crippen LogP contribution is -2.19. The fourth-order valence-corrected chi connectivity index (χ4v) is 2.00. The van der Waals surface area contributed by atoms with Crippen molar-refractivity contribution >= 4 is 11.6 Å². The van der Waals surface area contributed by atoms with Gasteiger partial charge in [0.05, 0.1) is 6.10 Å². The minimum absolute atomic E-state index is 0.295. The van der Waals surface area contributed by atoms with Crippen molar-refractivity contribution in [3.63, 3.8) is 0 Å². The van der Waals surface area contributed by atoms with Gasteiger partial charge in [-0.25, -0.2) is 9.97 Å². The van der Waals surface area contributed by atoms with E-state index in [1.54, 1.807) is 0 Å². The first-order chi connectivity index (χ1) is 9.31. The molecule has 1 aromatic rings. The Morgan fingerprint density at radius 1 is 1.42 bits per heavy atom. The van der Waals surface area contributed by atoms with Crippen LogP contribution in [0.25, 0.3) is 0 Å². The summed E-state index contributed by atoms with van der Waals surface area (Å²) in [5.74, 6) is 2.28. The van der Waals surface area contributed by atoms with E-state index in [2.05, 4.69) is 20.6 Å². The third kappa shape index (κ3) is 4.33. The Morgan fingerprint density at radius 3 is 2.95 bits per heavy atom.